The fourth-order valence-electron chi connectivity index (χ4n) is 4.73. The van der Waals surface area contributed by atoms with Crippen molar-refractivity contribution in [2.24, 2.45) is 0 Å². The van der Waals surface area contributed by atoms with Crippen LogP contribution in [0.4, 0.5) is 5.00 Å². The standard InChI is InChI=1S/C21H32N4O5S2/c1-30-21(27)19-16-7-6-8-17(16)31-20(19)22-18(26)15-23-11-13-25(14-12-23)32(28,29)24-9-4-2-3-5-10-24/h2-15H2,1H3,(H,22,26). The summed E-state index contributed by atoms with van der Waals surface area (Å²) in [5.41, 5.74) is 1.50. The molecule has 0 radical (unpaired) electrons. The molecule has 0 atom stereocenters. The highest BCUT2D eigenvalue weighted by molar-refractivity contribution is 7.86. The zero-order chi connectivity index (χ0) is 22.7. The van der Waals surface area contributed by atoms with Gasteiger partial charge < -0.3 is 10.1 Å². The number of nitrogens with zero attached hydrogens (tertiary/aromatic N) is 3. The Morgan fingerprint density at radius 3 is 2.25 bits per heavy atom. The number of thiophene rings is 1. The van der Waals surface area contributed by atoms with Gasteiger partial charge in [0, 0.05) is 44.1 Å². The molecule has 11 heteroatoms. The van der Waals surface area contributed by atoms with Crippen LogP contribution in [0, 0.1) is 0 Å². The third-order valence-corrected chi connectivity index (χ3v) is 9.72. The first-order valence-corrected chi connectivity index (χ1v) is 13.6. The van der Waals surface area contributed by atoms with E-state index in [0.29, 0.717) is 49.8 Å². The van der Waals surface area contributed by atoms with E-state index < -0.39 is 16.2 Å². The van der Waals surface area contributed by atoms with Gasteiger partial charge in [0.1, 0.15) is 5.00 Å². The molecule has 1 aromatic rings. The molecule has 2 fully saturated rings. The molecule has 1 aliphatic carbocycles. The summed E-state index contributed by atoms with van der Waals surface area (Å²) in [7, 11) is -2.08. The molecule has 3 heterocycles. The van der Waals surface area contributed by atoms with Crippen LogP contribution in [0.2, 0.25) is 0 Å². The lowest BCUT2D eigenvalue weighted by Crippen LogP contribution is -2.54. The average molecular weight is 485 g/mol. The predicted octanol–water partition coefficient (Wildman–Crippen LogP) is 1.70. The highest BCUT2D eigenvalue weighted by Crippen LogP contribution is 2.39. The summed E-state index contributed by atoms with van der Waals surface area (Å²) < 4.78 is 34.0. The Bertz CT molecular complexity index is 946. The molecule has 0 saturated carbocycles. The van der Waals surface area contributed by atoms with Gasteiger partial charge in [0.15, 0.2) is 0 Å². The SMILES string of the molecule is COC(=O)c1c(NC(=O)CN2CCN(S(=O)(=O)N3CCCCCC3)CC2)sc2c1CCC2. The number of ether oxygens (including phenoxy) is 1. The van der Waals surface area contributed by atoms with Gasteiger partial charge >= 0.3 is 5.97 Å². The zero-order valence-corrected chi connectivity index (χ0v) is 20.2. The second kappa shape index (κ2) is 10.2. The summed E-state index contributed by atoms with van der Waals surface area (Å²) in [6.45, 7) is 3.13. The van der Waals surface area contributed by atoms with E-state index in [4.69, 9.17) is 4.74 Å². The molecule has 0 bridgehead atoms. The molecule has 0 unspecified atom stereocenters. The summed E-state index contributed by atoms with van der Waals surface area (Å²) in [5.74, 6) is -0.606. The molecule has 178 valence electrons. The molecule has 4 rings (SSSR count). The quantitative estimate of drug-likeness (QED) is 0.617. The number of esters is 1. The highest BCUT2D eigenvalue weighted by atomic mass is 32.2. The number of methoxy groups -OCH3 is 1. The van der Waals surface area contributed by atoms with E-state index in [1.807, 2.05) is 4.90 Å². The van der Waals surface area contributed by atoms with Crippen molar-refractivity contribution in [3.05, 3.63) is 16.0 Å². The fraction of sp³-hybridized carbons (Fsp3) is 0.714. The monoisotopic (exact) mass is 484 g/mol. The Morgan fingerprint density at radius 2 is 1.59 bits per heavy atom. The Morgan fingerprint density at radius 1 is 0.938 bits per heavy atom. The predicted molar refractivity (Wildman–Crippen MR) is 123 cm³/mol. The van der Waals surface area contributed by atoms with E-state index in [0.717, 1.165) is 55.4 Å². The van der Waals surface area contributed by atoms with Crippen molar-refractivity contribution in [2.45, 2.75) is 44.9 Å². The third-order valence-electron chi connectivity index (χ3n) is 6.48. The van der Waals surface area contributed by atoms with Crippen LogP contribution in [-0.4, -0.2) is 86.7 Å². The van der Waals surface area contributed by atoms with Crippen LogP contribution in [-0.2, 0) is 32.6 Å². The van der Waals surface area contributed by atoms with Crippen molar-refractivity contribution in [3.8, 4) is 0 Å². The van der Waals surface area contributed by atoms with Crippen LogP contribution >= 0.6 is 11.3 Å². The topological polar surface area (TPSA) is 99.3 Å². The molecule has 2 saturated heterocycles. The molecule has 1 amide bonds. The average Bonchev–Trinajstić information content (AvgIpc) is 3.22. The van der Waals surface area contributed by atoms with Gasteiger partial charge in [-0.2, -0.15) is 17.0 Å². The number of hydrogen-bond acceptors (Lipinski definition) is 7. The number of rotatable bonds is 6. The van der Waals surface area contributed by atoms with E-state index in [1.165, 1.54) is 18.4 Å². The van der Waals surface area contributed by atoms with Crippen LogP contribution in [0.25, 0.3) is 0 Å². The minimum atomic E-state index is -3.44. The van der Waals surface area contributed by atoms with E-state index in [1.54, 1.807) is 8.61 Å². The first-order valence-electron chi connectivity index (χ1n) is 11.4. The molecule has 2 aliphatic heterocycles. The number of hydrogen-bond donors (Lipinski definition) is 1. The van der Waals surface area contributed by atoms with Crippen LogP contribution < -0.4 is 5.32 Å². The van der Waals surface area contributed by atoms with E-state index >= 15 is 0 Å². The van der Waals surface area contributed by atoms with Crippen molar-refractivity contribution < 1.29 is 22.7 Å². The van der Waals surface area contributed by atoms with Crippen molar-refractivity contribution >= 4 is 38.4 Å². The van der Waals surface area contributed by atoms with Gasteiger partial charge in [0.25, 0.3) is 10.2 Å². The summed E-state index contributed by atoms with van der Waals surface area (Å²) in [6, 6.07) is 0. The number of carbonyl (C=O) groups excluding carboxylic acids is 2. The van der Waals surface area contributed by atoms with Gasteiger partial charge in [-0.05, 0) is 37.7 Å². The van der Waals surface area contributed by atoms with Crippen LogP contribution in [0.1, 0.15) is 52.9 Å². The maximum Gasteiger partial charge on any atom is 0.341 e. The van der Waals surface area contributed by atoms with E-state index in [2.05, 4.69) is 5.32 Å². The third kappa shape index (κ3) is 5.01. The molecule has 9 nitrogen and oxygen atoms in total. The van der Waals surface area contributed by atoms with Crippen molar-refractivity contribution in [1.29, 1.82) is 0 Å². The van der Waals surface area contributed by atoms with E-state index in [9.17, 15) is 18.0 Å². The molecule has 1 aromatic heterocycles. The smallest absolute Gasteiger partial charge is 0.341 e. The Balaban J connectivity index is 1.32. The zero-order valence-electron chi connectivity index (χ0n) is 18.6. The van der Waals surface area contributed by atoms with E-state index in [-0.39, 0.29) is 12.5 Å². The van der Waals surface area contributed by atoms with Gasteiger partial charge in [0.05, 0.1) is 19.2 Å². The Labute approximate surface area is 193 Å². The summed E-state index contributed by atoms with van der Waals surface area (Å²) in [6.07, 6.45) is 6.77. The lowest BCUT2D eigenvalue weighted by atomic mass is 10.1. The van der Waals surface area contributed by atoms with Crippen molar-refractivity contribution in [1.82, 2.24) is 13.5 Å². The second-order valence-electron chi connectivity index (χ2n) is 8.60. The van der Waals surface area contributed by atoms with Crippen LogP contribution in [0.3, 0.4) is 0 Å². The largest absolute Gasteiger partial charge is 0.465 e. The maximum absolute atomic E-state index is 13.0. The summed E-state index contributed by atoms with van der Waals surface area (Å²) in [4.78, 5) is 28.1. The van der Waals surface area contributed by atoms with Crippen molar-refractivity contribution in [3.63, 3.8) is 0 Å². The Hall–Kier alpha value is -1.53. The second-order valence-corrected chi connectivity index (χ2v) is 11.6. The van der Waals surface area contributed by atoms with Crippen molar-refractivity contribution in [2.75, 3.05) is 58.2 Å². The first kappa shape index (κ1) is 23.6. The normalized spacial score (nSPS) is 21.2. The lowest BCUT2D eigenvalue weighted by molar-refractivity contribution is -0.117. The molecular formula is C21H32N4O5S2. The molecular weight excluding hydrogens is 452 g/mol. The van der Waals surface area contributed by atoms with Gasteiger partial charge in [0.2, 0.25) is 5.91 Å². The minimum absolute atomic E-state index is 0.167. The minimum Gasteiger partial charge on any atom is -0.465 e. The summed E-state index contributed by atoms with van der Waals surface area (Å²) >= 11 is 1.46. The molecule has 0 spiro atoms. The molecule has 3 aliphatic rings. The molecule has 0 aromatic carbocycles. The first-order chi connectivity index (χ1) is 15.4. The number of amides is 1. The number of fused-ring (bicyclic) bond motifs is 1. The van der Waals surface area contributed by atoms with Gasteiger partial charge in [-0.15, -0.1) is 11.3 Å². The maximum atomic E-state index is 13.0. The number of aryl methyl sites for hydroxylation is 1. The molecule has 32 heavy (non-hydrogen) atoms. The molecule has 1 N–H and O–H groups in total. The van der Waals surface area contributed by atoms with Crippen LogP contribution in [0.5, 0.6) is 0 Å². The lowest BCUT2D eigenvalue weighted by Gasteiger charge is -2.36. The number of carbonyl (C=O) groups is 2. The number of anilines is 1. The highest BCUT2D eigenvalue weighted by Gasteiger charge is 2.33. The van der Waals surface area contributed by atoms with Gasteiger partial charge in [-0.3, -0.25) is 9.69 Å². The summed E-state index contributed by atoms with van der Waals surface area (Å²) in [5, 5.41) is 3.46. The number of piperazine rings is 1. The fourth-order valence-corrected chi connectivity index (χ4v) is 7.70. The Kier molecular flexibility index (Phi) is 7.51. The van der Waals surface area contributed by atoms with Crippen LogP contribution in [0.15, 0.2) is 0 Å². The number of nitrogens with one attached hydrogen (secondary N) is 1. The van der Waals surface area contributed by atoms with Gasteiger partial charge in [-0.1, -0.05) is 12.8 Å². The van der Waals surface area contributed by atoms with Gasteiger partial charge in [-0.25, -0.2) is 4.79 Å².